The SMILES string of the molecule is Cc1c([N+](=O)[O-])cccc1S(=O)(=O)NC[C@@H](c1cccc(F)c1)N(C)C. The molecule has 1 N–H and O–H groups in total. The fraction of sp³-hybridized carbons (Fsp3) is 0.294. The second kappa shape index (κ2) is 7.90. The van der Waals surface area contributed by atoms with Crippen molar-refractivity contribution in [3.8, 4) is 0 Å². The van der Waals surface area contributed by atoms with Crippen LogP contribution >= 0.6 is 0 Å². The molecule has 0 spiro atoms. The van der Waals surface area contributed by atoms with Gasteiger partial charge in [-0.2, -0.15) is 0 Å². The lowest BCUT2D eigenvalue weighted by Crippen LogP contribution is -2.34. The number of rotatable bonds is 7. The minimum Gasteiger partial charge on any atom is -0.301 e. The van der Waals surface area contributed by atoms with E-state index < -0.39 is 26.8 Å². The molecule has 0 aliphatic rings. The lowest BCUT2D eigenvalue weighted by atomic mass is 10.1. The lowest BCUT2D eigenvalue weighted by Gasteiger charge is -2.25. The van der Waals surface area contributed by atoms with Crippen molar-refractivity contribution in [1.29, 1.82) is 0 Å². The monoisotopic (exact) mass is 381 g/mol. The number of hydrogen-bond donors (Lipinski definition) is 1. The zero-order valence-electron chi connectivity index (χ0n) is 14.6. The average Bonchev–Trinajstić information content (AvgIpc) is 2.54. The number of nitro groups is 1. The molecule has 1 atom stereocenters. The summed E-state index contributed by atoms with van der Waals surface area (Å²) in [7, 11) is -0.464. The molecule has 26 heavy (non-hydrogen) atoms. The first-order valence-electron chi connectivity index (χ1n) is 7.79. The Morgan fingerprint density at radius 2 is 1.88 bits per heavy atom. The number of nitro benzene ring substituents is 1. The van der Waals surface area contributed by atoms with Crippen LogP contribution in [0.5, 0.6) is 0 Å². The van der Waals surface area contributed by atoms with E-state index in [9.17, 15) is 22.9 Å². The predicted octanol–water partition coefficient (Wildman–Crippen LogP) is 2.62. The summed E-state index contributed by atoms with van der Waals surface area (Å²) in [5, 5.41) is 11.0. The molecule has 0 aliphatic carbocycles. The third-order valence-electron chi connectivity index (χ3n) is 4.07. The molecule has 140 valence electrons. The van der Waals surface area contributed by atoms with Gasteiger partial charge in [-0.25, -0.2) is 17.5 Å². The van der Waals surface area contributed by atoms with E-state index in [1.54, 1.807) is 31.1 Å². The Balaban J connectivity index is 2.29. The second-order valence-corrected chi connectivity index (χ2v) is 7.78. The summed E-state index contributed by atoms with van der Waals surface area (Å²) in [6.45, 7) is 1.38. The van der Waals surface area contributed by atoms with Crippen LogP contribution in [0, 0.1) is 22.9 Å². The molecule has 7 nitrogen and oxygen atoms in total. The van der Waals surface area contributed by atoms with Crippen LogP contribution in [0.1, 0.15) is 17.2 Å². The van der Waals surface area contributed by atoms with Gasteiger partial charge >= 0.3 is 0 Å². The van der Waals surface area contributed by atoms with Crippen LogP contribution in [0.4, 0.5) is 10.1 Å². The zero-order chi connectivity index (χ0) is 19.5. The van der Waals surface area contributed by atoms with E-state index in [1.807, 2.05) is 0 Å². The Kier molecular flexibility index (Phi) is 6.06. The topological polar surface area (TPSA) is 92.5 Å². The van der Waals surface area contributed by atoms with Crippen molar-refractivity contribution in [3.63, 3.8) is 0 Å². The highest BCUT2D eigenvalue weighted by Crippen LogP contribution is 2.25. The number of benzene rings is 2. The molecule has 0 amide bonds. The molecule has 0 bridgehead atoms. The van der Waals surface area contributed by atoms with Crippen LogP contribution < -0.4 is 4.72 Å². The van der Waals surface area contributed by atoms with Gasteiger partial charge in [0.25, 0.3) is 5.69 Å². The highest BCUT2D eigenvalue weighted by molar-refractivity contribution is 7.89. The van der Waals surface area contributed by atoms with E-state index in [2.05, 4.69) is 4.72 Å². The Morgan fingerprint density at radius 1 is 1.23 bits per heavy atom. The van der Waals surface area contributed by atoms with Gasteiger partial charge in [0.15, 0.2) is 0 Å². The summed E-state index contributed by atoms with van der Waals surface area (Å²) >= 11 is 0. The van der Waals surface area contributed by atoms with Crippen LogP contribution in [-0.2, 0) is 10.0 Å². The molecule has 2 aromatic carbocycles. The van der Waals surface area contributed by atoms with E-state index in [4.69, 9.17) is 0 Å². The first-order chi connectivity index (χ1) is 12.1. The number of sulfonamides is 1. The number of hydrogen-bond acceptors (Lipinski definition) is 5. The third kappa shape index (κ3) is 4.43. The van der Waals surface area contributed by atoms with Crippen LogP contribution in [-0.4, -0.2) is 38.9 Å². The van der Waals surface area contributed by atoms with E-state index in [0.717, 1.165) is 0 Å². The summed E-state index contributed by atoms with van der Waals surface area (Å²) in [4.78, 5) is 12.0. The smallest absolute Gasteiger partial charge is 0.273 e. The van der Waals surface area contributed by atoms with Crippen molar-refractivity contribution in [2.45, 2.75) is 17.9 Å². The highest BCUT2D eigenvalue weighted by atomic mass is 32.2. The molecule has 2 aromatic rings. The van der Waals surface area contributed by atoms with Crippen LogP contribution in [0.25, 0.3) is 0 Å². The second-order valence-electron chi connectivity index (χ2n) is 6.04. The van der Waals surface area contributed by atoms with Gasteiger partial charge in [0.2, 0.25) is 10.0 Å². The molecule has 0 heterocycles. The minimum absolute atomic E-state index is 0.0130. The molecule has 0 unspecified atom stereocenters. The van der Waals surface area contributed by atoms with Gasteiger partial charge in [0.05, 0.1) is 9.82 Å². The maximum absolute atomic E-state index is 13.5. The largest absolute Gasteiger partial charge is 0.301 e. The summed E-state index contributed by atoms with van der Waals surface area (Å²) in [5.74, 6) is -0.410. The summed E-state index contributed by atoms with van der Waals surface area (Å²) in [6, 6.07) is 9.42. The third-order valence-corrected chi connectivity index (χ3v) is 5.63. The molecule has 0 saturated heterocycles. The van der Waals surface area contributed by atoms with E-state index in [-0.39, 0.29) is 22.7 Å². The predicted molar refractivity (Wildman–Crippen MR) is 95.8 cm³/mol. The average molecular weight is 381 g/mol. The highest BCUT2D eigenvalue weighted by Gasteiger charge is 2.24. The fourth-order valence-corrected chi connectivity index (χ4v) is 3.97. The van der Waals surface area contributed by atoms with Crippen molar-refractivity contribution in [2.24, 2.45) is 0 Å². The van der Waals surface area contributed by atoms with Crippen molar-refractivity contribution >= 4 is 15.7 Å². The Bertz CT molecular complexity index is 916. The van der Waals surface area contributed by atoms with E-state index in [1.165, 1.54) is 37.3 Å². The van der Waals surface area contributed by atoms with E-state index in [0.29, 0.717) is 5.56 Å². The first-order valence-corrected chi connectivity index (χ1v) is 9.27. The molecule has 9 heteroatoms. The molecular formula is C17H20FN3O4S. The van der Waals surface area contributed by atoms with Gasteiger partial charge in [0, 0.05) is 24.2 Å². The van der Waals surface area contributed by atoms with Crippen molar-refractivity contribution in [2.75, 3.05) is 20.6 Å². The van der Waals surface area contributed by atoms with Gasteiger partial charge in [0.1, 0.15) is 5.82 Å². The first kappa shape index (κ1) is 20.0. The Labute approximate surface area is 151 Å². The van der Waals surface area contributed by atoms with Crippen LogP contribution in [0.3, 0.4) is 0 Å². The van der Waals surface area contributed by atoms with Gasteiger partial charge in [-0.1, -0.05) is 18.2 Å². The van der Waals surface area contributed by atoms with E-state index >= 15 is 0 Å². The summed E-state index contributed by atoms with van der Waals surface area (Å²) in [5.41, 5.74) is 0.424. The number of nitrogens with zero attached hydrogens (tertiary/aromatic N) is 2. The quantitative estimate of drug-likeness (QED) is 0.588. The van der Waals surface area contributed by atoms with Gasteiger partial charge in [-0.3, -0.25) is 10.1 Å². The maximum Gasteiger partial charge on any atom is 0.273 e. The van der Waals surface area contributed by atoms with Crippen molar-refractivity contribution in [3.05, 3.63) is 69.5 Å². The summed E-state index contributed by atoms with van der Waals surface area (Å²) in [6.07, 6.45) is 0. The molecule has 0 aromatic heterocycles. The van der Waals surface area contributed by atoms with Crippen molar-refractivity contribution in [1.82, 2.24) is 9.62 Å². The molecule has 2 rings (SSSR count). The molecule has 0 radical (unpaired) electrons. The molecule has 0 saturated carbocycles. The normalized spacial score (nSPS) is 13.0. The fourth-order valence-electron chi connectivity index (χ4n) is 2.67. The Morgan fingerprint density at radius 3 is 2.46 bits per heavy atom. The van der Waals surface area contributed by atoms with Gasteiger partial charge in [-0.05, 0) is 44.8 Å². The number of nitrogens with one attached hydrogen (secondary N) is 1. The minimum atomic E-state index is -3.97. The summed E-state index contributed by atoms with van der Waals surface area (Å²) < 4.78 is 41.2. The van der Waals surface area contributed by atoms with Gasteiger partial charge < -0.3 is 4.90 Å². The molecular weight excluding hydrogens is 361 g/mol. The Hall–Kier alpha value is -2.36. The van der Waals surface area contributed by atoms with Gasteiger partial charge in [-0.15, -0.1) is 0 Å². The maximum atomic E-state index is 13.5. The lowest BCUT2D eigenvalue weighted by molar-refractivity contribution is -0.385. The number of likely N-dealkylation sites (N-methyl/N-ethyl adjacent to an activating group) is 1. The van der Waals surface area contributed by atoms with Crippen LogP contribution in [0.2, 0.25) is 0 Å². The number of halogens is 1. The zero-order valence-corrected chi connectivity index (χ0v) is 15.5. The molecule has 0 aliphatic heterocycles. The standard InChI is InChI=1S/C17H20FN3O4S/c1-12-15(21(22)23)8-5-9-17(12)26(24,25)19-11-16(20(2)3)13-6-4-7-14(18)10-13/h4-10,16,19H,11H2,1-3H3/t16-/m0/s1. The van der Waals surface area contributed by atoms with Crippen molar-refractivity contribution < 1.29 is 17.7 Å². The van der Waals surface area contributed by atoms with Crippen LogP contribution in [0.15, 0.2) is 47.4 Å². The molecule has 0 fully saturated rings.